The van der Waals surface area contributed by atoms with Crippen LogP contribution >= 0.6 is 36.2 Å². The van der Waals surface area contributed by atoms with Crippen LogP contribution in [0.4, 0.5) is 0 Å². The molecule has 2 aliphatic rings. The summed E-state index contributed by atoms with van der Waals surface area (Å²) in [5.41, 5.74) is 1.00. The summed E-state index contributed by atoms with van der Waals surface area (Å²) in [7, 11) is 0. The number of thiazole rings is 1. The first kappa shape index (κ1) is 19.7. The molecule has 3 rings (SSSR count). The average molecular weight is 366 g/mol. The van der Waals surface area contributed by atoms with Gasteiger partial charge in [-0.3, -0.25) is 4.79 Å². The fourth-order valence-electron chi connectivity index (χ4n) is 3.33. The molecule has 2 atom stereocenters. The molecule has 0 aliphatic carbocycles. The molecule has 1 amide bonds. The van der Waals surface area contributed by atoms with Gasteiger partial charge in [0.25, 0.3) is 5.91 Å². The molecule has 126 valence electrons. The quantitative estimate of drug-likeness (QED) is 0.895. The van der Waals surface area contributed by atoms with Crippen molar-refractivity contribution < 1.29 is 4.79 Å². The Morgan fingerprint density at radius 3 is 2.45 bits per heavy atom. The summed E-state index contributed by atoms with van der Waals surface area (Å²) < 4.78 is 0. The van der Waals surface area contributed by atoms with Crippen LogP contribution in [0.5, 0.6) is 0 Å². The van der Waals surface area contributed by atoms with Gasteiger partial charge in [-0.15, -0.1) is 36.2 Å². The number of aryl methyl sites for hydroxylation is 1. The highest BCUT2D eigenvalue weighted by Crippen LogP contribution is 2.30. The summed E-state index contributed by atoms with van der Waals surface area (Å²) in [6, 6.07) is 0. The Kier molecular flexibility index (Phi) is 7.12. The number of aromatic nitrogens is 1. The van der Waals surface area contributed by atoms with Crippen molar-refractivity contribution in [3.63, 3.8) is 0 Å². The van der Waals surface area contributed by atoms with Crippen LogP contribution in [0.3, 0.4) is 0 Å². The van der Waals surface area contributed by atoms with Crippen molar-refractivity contribution in [3.05, 3.63) is 15.6 Å². The van der Waals surface area contributed by atoms with Gasteiger partial charge >= 0.3 is 0 Å². The van der Waals surface area contributed by atoms with E-state index in [0.717, 1.165) is 48.2 Å². The van der Waals surface area contributed by atoms with Gasteiger partial charge in [-0.25, -0.2) is 4.98 Å². The molecule has 0 bridgehead atoms. The number of rotatable bonds is 3. The lowest BCUT2D eigenvalue weighted by molar-refractivity contribution is 0.0785. The number of hydrogen-bond acceptors (Lipinski definition) is 4. The Hall–Kier alpha value is -0.360. The lowest BCUT2D eigenvalue weighted by atomic mass is 10.0. The standard InChI is InChI=1S/C15H23N3OS.2ClH/c1-9(2)4-13-14(20-10(3)17-13)15(19)18-7-11-5-16-6-12(11)8-18;;/h9,11-12,16H,4-8H2,1-3H3;2*1H/t11-,12+;;. The highest BCUT2D eigenvalue weighted by atomic mass is 35.5. The van der Waals surface area contributed by atoms with Crippen molar-refractivity contribution in [3.8, 4) is 0 Å². The van der Waals surface area contributed by atoms with Crippen molar-refractivity contribution >= 4 is 42.1 Å². The second-order valence-corrected chi connectivity index (χ2v) is 7.70. The molecule has 2 aliphatic heterocycles. The van der Waals surface area contributed by atoms with Crippen LogP contribution in [0.25, 0.3) is 0 Å². The van der Waals surface area contributed by atoms with Crippen molar-refractivity contribution in [1.29, 1.82) is 0 Å². The van der Waals surface area contributed by atoms with Crippen molar-refractivity contribution in [2.75, 3.05) is 26.2 Å². The van der Waals surface area contributed by atoms with E-state index in [1.54, 1.807) is 11.3 Å². The maximum absolute atomic E-state index is 12.8. The Labute approximate surface area is 148 Å². The molecule has 1 N–H and O–H groups in total. The van der Waals surface area contributed by atoms with Crippen LogP contribution in [0, 0.1) is 24.7 Å². The Balaban J connectivity index is 0.00000121. The van der Waals surface area contributed by atoms with Crippen molar-refractivity contribution in [2.45, 2.75) is 27.2 Å². The second-order valence-electron chi connectivity index (χ2n) is 6.50. The summed E-state index contributed by atoms with van der Waals surface area (Å²) in [4.78, 5) is 20.3. The normalized spacial score (nSPS) is 23.2. The van der Waals surface area contributed by atoms with Gasteiger partial charge in [0.1, 0.15) is 4.88 Å². The Morgan fingerprint density at radius 1 is 1.32 bits per heavy atom. The van der Waals surface area contributed by atoms with Gasteiger partial charge in [0.05, 0.1) is 10.7 Å². The lowest BCUT2D eigenvalue weighted by Gasteiger charge is -2.17. The maximum Gasteiger partial charge on any atom is 0.265 e. The van der Waals surface area contributed by atoms with E-state index in [2.05, 4.69) is 24.1 Å². The number of nitrogens with one attached hydrogen (secondary N) is 1. The number of amides is 1. The summed E-state index contributed by atoms with van der Waals surface area (Å²) in [5.74, 6) is 2.05. The molecule has 2 fully saturated rings. The molecule has 0 saturated carbocycles. The SMILES string of the molecule is Cc1nc(CC(C)C)c(C(=O)N2C[C@H]3CNC[C@H]3C2)s1.Cl.Cl. The average Bonchev–Trinajstić information content (AvgIpc) is 3.01. The second kappa shape index (κ2) is 7.95. The number of hydrogen-bond donors (Lipinski definition) is 1. The zero-order valence-corrected chi connectivity index (χ0v) is 15.7. The van der Waals surface area contributed by atoms with Crippen molar-refractivity contribution in [2.24, 2.45) is 17.8 Å². The molecular formula is C15H25Cl2N3OS. The maximum atomic E-state index is 12.8. The van der Waals surface area contributed by atoms with Crippen LogP contribution in [0.2, 0.25) is 0 Å². The fraction of sp³-hybridized carbons (Fsp3) is 0.733. The lowest BCUT2D eigenvalue weighted by Crippen LogP contribution is -2.32. The summed E-state index contributed by atoms with van der Waals surface area (Å²) in [5, 5.41) is 4.42. The van der Waals surface area contributed by atoms with Crippen LogP contribution in [-0.4, -0.2) is 42.0 Å². The molecular weight excluding hydrogens is 341 g/mol. The van der Waals surface area contributed by atoms with E-state index >= 15 is 0 Å². The van der Waals surface area contributed by atoms with Crippen LogP contribution < -0.4 is 5.32 Å². The van der Waals surface area contributed by atoms with E-state index in [0.29, 0.717) is 17.8 Å². The molecule has 3 heterocycles. The van der Waals surface area contributed by atoms with Crippen molar-refractivity contribution in [1.82, 2.24) is 15.2 Å². The van der Waals surface area contributed by atoms with Gasteiger partial charge in [0.15, 0.2) is 0 Å². The minimum Gasteiger partial charge on any atom is -0.337 e. The van der Waals surface area contributed by atoms with Gasteiger partial charge in [-0.1, -0.05) is 13.8 Å². The van der Waals surface area contributed by atoms with Gasteiger partial charge in [-0.2, -0.15) is 0 Å². The highest BCUT2D eigenvalue weighted by molar-refractivity contribution is 7.13. The summed E-state index contributed by atoms with van der Waals surface area (Å²) in [6.45, 7) is 10.3. The van der Waals surface area contributed by atoms with Crippen LogP contribution in [-0.2, 0) is 6.42 Å². The number of halogens is 2. The van der Waals surface area contributed by atoms with E-state index in [9.17, 15) is 4.79 Å². The van der Waals surface area contributed by atoms with Crippen LogP contribution in [0.1, 0.15) is 34.2 Å². The third-order valence-corrected chi connectivity index (χ3v) is 5.28. The molecule has 7 heteroatoms. The molecule has 0 unspecified atom stereocenters. The summed E-state index contributed by atoms with van der Waals surface area (Å²) >= 11 is 1.56. The number of likely N-dealkylation sites (tertiary alicyclic amines) is 1. The minimum absolute atomic E-state index is 0. The van der Waals surface area contributed by atoms with E-state index < -0.39 is 0 Å². The van der Waals surface area contributed by atoms with Crippen LogP contribution in [0.15, 0.2) is 0 Å². The van der Waals surface area contributed by atoms with E-state index in [-0.39, 0.29) is 30.7 Å². The largest absolute Gasteiger partial charge is 0.337 e. The summed E-state index contributed by atoms with van der Waals surface area (Å²) in [6.07, 6.45) is 0.896. The zero-order valence-electron chi connectivity index (χ0n) is 13.3. The highest BCUT2D eigenvalue weighted by Gasteiger charge is 2.39. The van der Waals surface area contributed by atoms with Gasteiger partial charge in [-0.05, 0) is 31.1 Å². The van der Waals surface area contributed by atoms with E-state index in [4.69, 9.17) is 0 Å². The minimum atomic E-state index is 0. The molecule has 1 aromatic heterocycles. The first-order chi connectivity index (χ1) is 9.54. The van der Waals surface area contributed by atoms with E-state index in [1.807, 2.05) is 11.8 Å². The number of carbonyl (C=O) groups excluding carboxylic acids is 1. The third-order valence-electron chi connectivity index (χ3n) is 4.28. The molecule has 22 heavy (non-hydrogen) atoms. The number of nitrogens with zero attached hydrogens (tertiary/aromatic N) is 2. The monoisotopic (exact) mass is 365 g/mol. The predicted octanol–water partition coefficient (Wildman–Crippen LogP) is 2.79. The zero-order chi connectivity index (χ0) is 14.3. The number of fused-ring (bicyclic) bond motifs is 1. The molecule has 2 saturated heterocycles. The first-order valence-electron chi connectivity index (χ1n) is 7.51. The Morgan fingerprint density at radius 2 is 1.91 bits per heavy atom. The molecule has 0 radical (unpaired) electrons. The predicted molar refractivity (Wildman–Crippen MR) is 95.6 cm³/mol. The third kappa shape index (κ3) is 3.94. The molecule has 0 spiro atoms. The van der Waals surface area contributed by atoms with E-state index in [1.165, 1.54) is 0 Å². The fourth-order valence-corrected chi connectivity index (χ4v) is 4.24. The first-order valence-corrected chi connectivity index (χ1v) is 8.32. The molecule has 0 aromatic carbocycles. The molecule has 4 nitrogen and oxygen atoms in total. The van der Waals surface area contributed by atoms with Gasteiger partial charge in [0.2, 0.25) is 0 Å². The van der Waals surface area contributed by atoms with Gasteiger partial charge in [0, 0.05) is 26.2 Å². The smallest absolute Gasteiger partial charge is 0.265 e. The Bertz CT molecular complexity index is 509. The molecule has 1 aromatic rings. The number of carbonyl (C=O) groups is 1. The van der Waals surface area contributed by atoms with Gasteiger partial charge < -0.3 is 10.2 Å². The topological polar surface area (TPSA) is 45.2 Å².